The highest BCUT2D eigenvalue weighted by Crippen LogP contribution is 2.31. The number of hydrogen-bond acceptors (Lipinski definition) is 4. The molecule has 0 saturated heterocycles. The number of ether oxygens (including phenoxy) is 1. The van der Waals surface area contributed by atoms with E-state index in [4.69, 9.17) is 16.3 Å². The van der Waals surface area contributed by atoms with E-state index in [9.17, 15) is 28.1 Å². The lowest BCUT2D eigenvalue weighted by Crippen LogP contribution is -2.30. The number of benzene rings is 2. The van der Waals surface area contributed by atoms with Gasteiger partial charge in [-0.3, -0.25) is 14.9 Å². The van der Waals surface area contributed by atoms with Gasteiger partial charge in [0.15, 0.2) is 29.3 Å². The average molecular weight is 375 g/mol. The second kappa shape index (κ2) is 7.39. The number of nitrogens with zero attached hydrogens (tertiary/aromatic N) is 1. The summed E-state index contributed by atoms with van der Waals surface area (Å²) in [6.07, 6.45) is -1.30. The van der Waals surface area contributed by atoms with Crippen LogP contribution in [-0.2, 0) is 4.79 Å². The Balaban J connectivity index is 2.17. The molecule has 0 aliphatic heterocycles. The maximum absolute atomic E-state index is 13.6. The summed E-state index contributed by atoms with van der Waals surface area (Å²) in [6, 6.07) is 5.04. The molecule has 0 aliphatic rings. The molecule has 0 spiro atoms. The second-order valence-corrected chi connectivity index (χ2v) is 5.28. The Morgan fingerprint density at radius 3 is 2.56 bits per heavy atom. The minimum atomic E-state index is -1.74. The van der Waals surface area contributed by atoms with Crippen molar-refractivity contribution in [2.75, 3.05) is 5.32 Å². The number of anilines is 1. The predicted octanol–water partition coefficient (Wildman–Crippen LogP) is 4.07. The number of amides is 1. The van der Waals surface area contributed by atoms with Crippen LogP contribution in [0.5, 0.6) is 5.75 Å². The minimum absolute atomic E-state index is 0.0972. The molecule has 0 radical (unpaired) electrons. The molecule has 1 N–H and O–H groups in total. The smallest absolute Gasteiger partial charge is 0.312 e. The van der Waals surface area contributed by atoms with Gasteiger partial charge in [0.05, 0.1) is 10.6 Å². The SMILES string of the molecule is C[C@@H](Oc1ccc(Cl)cc1[N+](=O)[O-])C(=O)Nc1ccc(F)c(F)c1F. The molecular formula is C15H10ClF3N2O4. The lowest BCUT2D eigenvalue weighted by atomic mass is 10.2. The van der Waals surface area contributed by atoms with Gasteiger partial charge in [-0.05, 0) is 31.2 Å². The van der Waals surface area contributed by atoms with Crippen LogP contribution in [0.1, 0.15) is 6.92 Å². The molecular weight excluding hydrogens is 365 g/mol. The van der Waals surface area contributed by atoms with E-state index in [1.165, 1.54) is 19.1 Å². The van der Waals surface area contributed by atoms with E-state index < -0.39 is 45.8 Å². The van der Waals surface area contributed by atoms with E-state index in [1.807, 2.05) is 5.32 Å². The number of carbonyl (C=O) groups excluding carboxylic acids is 1. The molecule has 6 nitrogen and oxygen atoms in total. The van der Waals surface area contributed by atoms with Crippen molar-refractivity contribution in [2.24, 2.45) is 0 Å². The van der Waals surface area contributed by atoms with Crippen LogP contribution in [0.3, 0.4) is 0 Å². The molecule has 0 saturated carbocycles. The summed E-state index contributed by atoms with van der Waals surface area (Å²) < 4.78 is 44.8. The molecule has 0 fully saturated rings. The quantitative estimate of drug-likeness (QED) is 0.486. The van der Waals surface area contributed by atoms with Gasteiger partial charge in [-0.15, -0.1) is 0 Å². The van der Waals surface area contributed by atoms with Crippen LogP contribution in [-0.4, -0.2) is 16.9 Å². The van der Waals surface area contributed by atoms with Crippen LogP contribution < -0.4 is 10.1 Å². The lowest BCUT2D eigenvalue weighted by Gasteiger charge is -2.15. The summed E-state index contributed by atoms with van der Waals surface area (Å²) in [5.41, 5.74) is -1.06. The fourth-order valence-electron chi connectivity index (χ4n) is 1.83. The molecule has 2 aromatic rings. The maximum Gasteiger partial charge on any atom is 0.312 e. The fraction of sp³-hybridized carbons (Fsp3) is 0.133. The van der Waals surface area contributed by atoms with Crippen LogP contribution in [0.25, 0.3) is 0 Å². The van der Waals surface area contributed by atoms with E-state index in [-0.39, 0.29) is 10.8 Å². The van der Waals surface area contributed by atoms with Crippen LogP contribution in [0.4, 0.5) is 24.5 Å². The van der Waals surface area contributed by atoms with Crippen LogP contribution >= 0.6 is 11.6 Å². The first-order valence-electron chi connectivity index (χ1n) is 6.75. The first-order valence-corrected chi connectivity index (χ1v) is 7.13. The van der Waals surface area contributed by atoms with Gasteiger partial charge in [0.25, 0.3) is 5.91 Å². The molecule has 0 aromatic heterocycles. The highest BCUT2D eigenvalue weighted by molar-refractivity contribution is 6.30. The number of carbonyl (C=O) groups is 1. The first kappa shape index (κ1) is 18.5. The lowest BCUT2D eigenvalue weighted by molar-refractivity contribution is -0.386. The topological polar surface area (TPSA) is 81.5 Å². The van der Waals surface area contributed by atoms with Crippen molar-refractivity contribution in [1.29, 1.82) is 0 Å². The third-order valence-corrected chi connectivity index (χ3v) is 3.32. The van der Waals surface area contributed by atoms with Gasteiger partial charge in [-0.25, -0.2) is 13.2 Å². The van der Waals surface area contributed by atoms with Crippen molar-refractivity contribution in [1.82, 2.24) is 0 Å². The Morgan fingerprint density at radius 1 is 1.24 bits per heavy atom. The third kappa shape index (κ3) is 4.18. The summed E-state index contributed by atoms with van der Waals surface area (Å²) in [4.78, 5) is 22.2. The summed E-state index contributed by atoms with van der Waals surface area (Å²) in [6.45, 7) is 1.24. The molecule has 0 bridgehead atoms. The Kier molecular flexibility index (Phi) is 5.48. The Morgan fingerprint density at radius 2 is 1.92 bits per heavy atom. The van der Waals surface area contributed by atoms with Gasteiger partial charge < -0.3 is 10.1 Å². The van der Waals surface area contributed by atoms with Crippen molar-refractivity contribution in [3.63, 3.8) is 0 Å². The molecule has 0 aliphatic carbocycles. The van der Waals surface area contributed by atoms with E-state index in [2.05, 4.69) is 0 Å². The minimum Gasteiger partial charge on any atom is -0.474 e. The van der Waals surface area contributed by atoms with Gasteiger partial charge >= 0.3 is 5.69 Å². The molecule has 0 unspecified atom stereocenters. The third-order valence-electron chi connectivity index (χ3n) is 3.08. The summed E-state index contributed by atoms with van der Waals surface area (Å²) >= 11 is 5.67. The number of nitro groups is 1. The van der Waals surface area contributed by atoms with Crippen molar-refractivity contribution < 1.29 is 27.6 Å². The standard InChI is InChI=1S/C15H10ClF3N2O4/c1-7(25-12-5-2-8(16)6-11(12)21(23)24)15(22)20-10-4-3-9(17)13(18)14(10)19/h2-7H,1H3,(H,20,22)/t7-/m1/s1. The summed E-state index contributed by atoms with van der Waals surface area (Å²) in [7, 11) is 0. The Bertz CT molecular complexity index is 848. The van der Waals surface area contributed by atoms with Gasteiger partial charge in [0, 0.05) is 11.1 Å². The van der Waals surface area contributed by atoms with Crippen LogP contribution in [0.2, 0.25) is 5.02 Å². The van der Waals surface area contributed by atoms with E-state index in [0.717, 1.165) is 12.1 Å². The number of nitro benzene ring substituents is 1. The number of rotatable bonds is 5. The van der Waals surface area contributed by atoms with E-state index in [0.29, 0.717) is 6.07 Å². The monoisotopic (exact) mass is 374 g/mol. The van der Waals surface area contributed by atoms with Crippen molar-refractivity contribution in [3.05, 3.63) is 62.9 Å². The molecule has 1 amide bonds. The van der Waals surface area contributed by atoms with Gasteiger partial charge in [-0.2, -0.15) is 0 Å². The van der Waals surface area contributed by atoms with Crippen LogP contribution in [0, 0.1) is 27.6 Å². The zero-order valence-corrected chi connectivity index (χ0v) is 13.3. The second-order valence-electron chi connectivity index (χ2n) is 4.84. The van der Waals surface area contributed by atoms with Gasteiger partial charge in [0.1, 0.15) is 0 Å². The fourth-order valence-corrected chi connectivity index (χ4v) is 2.00. The normalized spacial score (nSPS) is 11.7. The molecule has 1 atom stereocenters. The van der Waals surface area contributed by atoms with Crippen LogP contribution in [0.15, 0.2) is 30.3 Å². The Labute approximate surface area is 144 Å². The first-order chi connectivity index (χ1) is 11.7. The molecule has 10 heteroatoms. The summed E-state index contributed by atoms with van der Waals surface area (Å²) in [5.74, 6) is -5.87. The average Bonchev–Trinajstić information content (AvgIpc) is 2.56. The number of hydrogen-bond donors (Lipinski definition) is 1. The zero-order chi connectivity index (χ0) is 18.7. The number of halogens is 4. The molecule has 132 valence electrons. The Hall–Kier alpha value is -2.81. The van der Waals surface area contributed by atoms with Crippen molar-refractivity contribution >= 4 is 28.9 Å². The molecule has 2 rings (SSSR count). The number of nitrogens with one attached hydrogen (secondary N) is 1. The molecule has 2 aromatic carbocycles. The van der Waals surface area contributed by atoms with E-state index >= 15 is 0 Å². The molecule has 0 heterocycles. The molecule has 25 heavy (non-hydrogen) atoms. The highest BCUT2D eigenvalue weighted by atomic mass is 35.5. The van der Waals surface area contributed by atoms with Crippen molar-refractivity contribution in [2.45, 2.75) is 13.0 Å². The van der Waals surface area contributed by atoms with Crippen molar-refractivity contribution in [3.8, 4) is 5.75 Å². The zero-order valence-electron chi connectivity index (χ0n) is 12.6. The predicted molar refractivity (Wildman–Crippen MR) is 83.1 cm³/mol. The highest BCUT2D eigenvalue weighted by Gasteiger charge is 2.23. The summed E-state index contributed by atoms with van der Waals surface area (Å²) in [5, 5.41) is 13.1. The van der Waals surface area contributed by atoms with E-state index in [1.54, 1.807) is 0 Å². The maximum atomic E-state index is 13.6. The van der Waals surface area contributed by atoms with Gasteiger partial charge in [0.2, 0.25) is 0 Å². The van der Waals surface area contributed by atoms with Gasteiger partial charge in [-0.1, -0.05) is 11.6 Å². The largest absolute Gasteiger partial charge is 0.474 e.